The molecule has 0 amide bonds. The summed E-state index contributed by atoms with van der Waals surface area (Å²) in [5.74, 6) is 0. The van der Waals surface area contributed by atoms with Gasteiger partial charge in [0, 0.05) is 11.3 Å². The molecule has 0 rings (SSSR count). The van der Waals surface area contributed by atoms with Gasteiger partial charge < -0.3 is 5.73 Å². The third kappa shape index (κ3) is 3.50. The molecule has 2 nitrogen and oxygen atoms in total. The summed E-state index contributed by atoms with van der Waals surface area (Å²) in [5.41, 5.74) is 6.57. The molecule has 0 bridgehead atoms. The Morgan fingerprint density at radius 3 is 2.70 bits per heavy atom. The fraction of sp³-hybridized carbons (Fsp3) is 0.125. The van der Waals surface area contributed by atoms with Crippen LogP contribution in [-0.4, -0.2) is 0 Å². The zero-order valence-electron chi connectivity index (χ0n) is 5.96. The van der Waals surface area contributed by atoms with E-state index in [4.69, 9.17) is 11.0 Å². The summed E-state index contributed by atoms with van der Waals surface area (Å²) in [5, 5.41) is 8.32. The van der Waals surface area contributed by atoms with Crippen molar-refractivity contribution in [3.63, 3.8) is 0 Å². The summed E-state index contributed by atoms with van der Waals surface area (Å²) < 4.78 is 0. The van der Waals surface area contributed by atoms with Crippen LogP contribution >= 0.6 is 0 Å². The maximum Gasteiger partial charge on any atom is 0.0944 e. The second-order valence-electron chi connectivity index (χ2n) is 1.84. The number of allylic oxidation sites excluding steroid dienone is 4. The lowest BCUT2D eigenvalue weighted by Crippen LogP contribution is -1.92. The number of nitrogens with two attached hydrogens (primary N) is 1. The first-order valence-corrected chi connectivity index (χ1v) is 2.87. The van der Waals surface area contributed by atoms with Crippen LogP contribution in [0.1, 0.15) is 6.92 Å². The number of hydrogen-bond acceptors (Lipinski definition) is 2. The lowest BCUT2D eigenvalue weighted by molar-refractivity contribution is 1.37. The van der Waals surface area contributed by atoms with E-state index in [1.807, 2.05) is 6.07 Å². The molecule has 0 heterocycles. The Morgan fingerprint density at radius 2 is 2.30 bits per heavy atom. The molecule has 0 radical (unpaired) electrons. The summed E-state index contributed by atoms with van der Waals surface area (Å²) in [4.78, 5) is 0. The van der Waals surface area contributed by atoms with Gasteiger partial charge in [0.25, 0.3) is 0 Å². The first kappa shape index (κ1) is 8.51. The van der Waals surface area contributed by atoms with E-state index in [2.05, 4.69) is 6.58 Å². The largest absolute Gasteiger partial charge is 0.399 e. The molecule has 2 N–H and O–H groups in total. The van der Waals surface area contributed by atoms with Crippen molar-refractivity contribution in [2.45, 2.75) is 6.92 Å². The normalized spacial score (nSPS) is 12.4. The molecule has 10 heavy (non-hydrogen) atoms. The molecular weight excluding hydrogens is 124 g/mol. The highest BCUT2D eigenvalue weighted by molar-refractivity contribution is 5.29. The smallest absolute Gasteiger partial charge is 0.0944 e. The van der Waals surface area contributed by atoms with Crippen molar-refractivity contribution in [2.75, 3.05) is 0 Å². The molecule has 0 aliphatic rings. The number of nitrogens with zero attached hydrogens (tertiary/aromatic N) is 1. The Balaban J connectivity index is 4.29. The van der Waals surface area contributed by atoms with Crippen molar-refractivity contribution < 1.29 is 0 Å². The maximum absolute atomic E-state index is 8.32. The highest BCUT2D eigenvalue weighted by Crippen LogP contribution is 1.94. The van der Waals surface area contributed by atoms with Gasteiger partial charge in [-0.2, -0.15) is 5.26 Å². The average Bonchev–Trinajstić information content (AvgIpc) is 1.88. The van der Waals surface area contributed by atoms with Crippen molar-refractivity contribution in [3.8, 4) is 6.07 Å². The predicted molar refractivity (Wildman–Crippen MR) is 41.8 cm³/mol. The molecule has 0 aromatic carbocycles. The molecular formula is C8H10N2. The van der Waals surface area contributed by atoms with Crippen molar-refractivity contribution in [3.05, 3.63) is 36.1 Å². The monoisotopic (exact) mass is 134 g/mol. The minimum atomic E-state index is 0.550. The van der Waals surface area contributed by atoms with E-state index in [0.717, 1.165) is 0 Å². The Morgan fingerprint density at radius 1 is 1.70 bits per heavy atom. The quantitative estimate of drug-likeness (QED) is 0.459. The SMILES string of the molecule is C=C/C=C(N)\C=C(/C)C#N. The van der Waals surface area contributed by atoms with Gasteiger partial charge >= 0.3 is 0 Å². The molecule has 0 aromatic rings. The molecule has 0 fully saturated rings. The van der Waals surface area contributed by atoms with Crippen molar-refractivity contribution >= 4 is 0 Å². The Hall–Kier alpha value is -1.49. The van der Waals surface area contributed by atoms with Crippen LogP contribution in [0.5, 0.6) is 0 Å². The van der Waals surface area contributed by atoms with Crippen LogP contribution in [0.3, 0.4) is 0 Å². The molecule has 0 spiro atoms. The van der Waals surface area contributed by atoms with Crippen LogP contribution in [-0.2, 0) is 0 Å². The zero-order valence-corrected chi connectivity index (χ0v) is 5.96. The van der Waals surface area contributed by atoms with E-state index in [-0.39, 0.29) is 0 Å². The van der Waals surface area contributed by atoms with Gasteiger partial charge in [-0.1, -0.05) is 12.7 Å². The van der Waals surface area contributed by atoms with Crippen LogP contribution in [0.2, 0.25) is 0 Å². The summed E-state index contributed by atoms with van der Waals surface area (Å²) in [6, 6.07) is 1.96. The lowest BCUT2D eigenvalue weighted by atomic mass is 10.2. The Kier molecular flexibility index (Phi) is 3.74. The standard InChI is InChI=1S/C8H10N2/c1-3-4-8(10)5-7(2)6-9/h3-5H,1,10H2,2H3/b7-5+,8-4+. The second kappa shape index (κ2) is 4.39. The molecule has 0 saturated heterocycles. The topological polar surface area (TPSA) is 49.8 Å². The number of hydrogen-bond donors (Lipinski definition) is 1. The molecule has 0 aliphatic heterocycles. The minimum Gasteiger partial charge on any atom is -0.399 e. The highest BCUT2D eigenvalue weighted by Gasteiger charge is 1.83. The molecule has 52 valence electrons. The lowest BCUT2D eigenvalue weighted by Gasteiger charge is -1.88. The van der Waals surface area contributed by atoms with Crippen LogP contribution in [0.15, 0.2) is 36.1 Å². The molecule has 0 aliphatic carbocycles. The van der Waals surface area contributed by atoms with Crippen LogP contribution in [0.4, 0.5) is 0 Å². The summed E-state index contributed by atoms with van der Waals surface area (Å²) in [6.07, 6.45) is 4.82. The highest BCUT2D eigenvalue weighted by atomic mass is 14.5. The van der Waals surface area contributed by atoms with Crippen LogP contribution in [0, 0.1) is 11.3 Å². The summed E-state index contributed by atoms with van der Waals surface area (Å²) in [6.45, 7) is 5.16. The maximum atomic E-state index is 8.32. The van der Waals surface area contributed by atoms with E-state index in [9.17, 15) is 0 Å². The van der Waals surface area contributed by atoms with Crippen LogP contribution < -0.4 is 5.73 Å². The van der Waals surface area contributed by atoms with Gasteiger partial charge in [0.05, 0.1) is 6.07 Å². The average molecular weight is 134 g/mol. The predicted octanol–water partition coefficient (Wildman–Crippen LogP) is 1.48. The molecule has 0 saturated carbocycles. The van der Waals surface area contributed by atoms with Gasteiger partial charge in [0.15, 0.2) is 0 Å². The third-order valence-electron chi connectivity index (χ3n) is 0.870. The fourth-order valence-electron chi connectivity index (χ4n) is 0.466. The Labute approximate surface area is 61.0 Å². The van der Waals surface area contributed by atoms with E-state index in [1.54, 1.807) is 25.2 Å². The van der Waals surface area contributed by atoms with Crippen LogP contribution in [0.25, 0.3) is 0 Å². The summed E-state index contributed by atoms with van der Waals surface area (Å²) >= 11 is 0. The molecule has 2 heteroatoms. The van der Waals surface area contributed by atoms with Gasteiger partial charge in [-0.05, 0) is 19.1 Å². The van der Waals surface area contributed by atoms with E-state index in [0.29, 0.717) is 11.3 Å². The fourth-order valence-corrected chi connectivity index (χ4v) is 0.466. The Bertz CT molecular complexity index is 216. The third-order valence-corrected chi connectivity index (χ3v) is 0.870. The van der Waals surface area contributed by atoms with Gasteiger partial charge in [0.2, 0.25) is 0 Å². The second-order valence-corrected chi connectivity index (χ2v) is 1.84. The van der Waals surface area contributed by atoms with Crippen molar-refractivity contribution in [1.82, 2.24) is 0 Å². The van der Waals surface area contributed by atoms with Gasteiger partial charge in [0.1, 0.15) is 0 Å². The summed E-state index contributed by atoms with van der Waals surface area (Å²) in [7, 11) is 0. The first-order chi connectivity index (χ1) is 4.70. The van der Waals surface area contributed by atoms with Gasteiger partial charge in [-0.3, -0.25) is 0 Å². The molecule has 0 unspecified atom stereocenters. The van der Waals surface area contributed by atoms with E-state index < -0.39 is 0 Å². The zero-order chi connectivity index (χ0) is 7.98. The number of rotatable bonds is 2. The molecule has 0 aromatic heterocycles. The van der Waals surface area contributed by atoms with Crippen molar-refractivity contribution in [1.29, 1.82) is 5.26 Å². The van der Waals surface area contributed by atoms with E-state index in [1.165, 1.54) is 0 Å². The van der Waals surface area contributed by atoms with Crippen molar-refractivity contribution in [2.24, 2.45) is 5.73 Å². The first-order valence-electron chi connectivity index (χ1n) is 2.87. The van der Waals surface area contributed by atoms with Gasteiger partial charge in [-0.15, -0.1) is 0 Å². The minimum absolute atomic E-state index is 0.550. The molecule has 0 atom stereocenters. The van der Waals surface area contributed by atoms with Gasteiger partial charge in [-0.25, -0.2) is 0 Å². The van der Waals surface area contributed by atoms with E-state index >= 15 is 0 Å². The number of nitriles is 1.